The van der Waals surface area contributed by atoms with E-state index in [1.54, 1.807) is 19.2 Å². The van der Waals surface area contributed by atoms with Crippen molar-refractivity contribution < 1.29 is 14.6 Å². The Morgan fingerprint density at radius 2 is 2.30 bits per heavy atom. The maximum Gasteiger partial charge on any atom is 0.219 e. The summed E-state index contributed by atoms with van der Waals surface area (Å²) in [7, 11) is 0. The van der Waals surface area contributed by atoms with Crippen LogP contribution in [0.2, 0.25) is 0 Å². The van der Waals surface area contributed by atoms with E-state index in [1.807, 2.05) is 17.0 Å². The molecule has 108 valence electrons. The van der Waals surface area contributed by atoms with Gasteiger partial charge in [0.15, 0.2) is 0 Å². The van der Waals surface area contributed by atoms with Crippen molar-refractivity contribution in [3.05, 3.63) is 24.4 Å². The first-order valence-electron chi connectivity index (χ1n) is 7.18. The Morgan fingerprint density at radius 1 is 1.45 bits per heavy atom. The van der Waals surface area contributed by atoms with Crippen LogP contribution in [0.3, 0.4) is 0 Å². The number of rotatable bonds is 2. The second-order valence-electron chi connectivity index (χ2n) is 5.69. The maximum atomic E-state index is 11.8. The van der Waals surface area contributed by atoms with Crippen LogP contribution in [0.4, 0.5) is 0 Å². The van der Waals surface area contributed by atoms with Crippen molar-refractivity contribution in [2.75, 3.05) is 6.54 Å². The van der Waals surface area contributed by atoms with Crippen LogP contribution >= 0.6 is 0 Å². The number of carbonyl (C=O) groups is 1. The average molecular weight is 276 g/mol. The lowest BCUT2D eigenvalue weighted by Gasteiger charge is -2.48. The predicted octanol–water partition coefficient (Wildman–Crippen LogP) is 1.22. The highest BCUT2D eigenvalue weighted by atomic mass is 16.5. The topological polar surface area (TPSA) is 62.7 Å². The Morgan fingerprint density at radius 3 is 3.00 bits per heavy atom. The monoisotopic (exact) mass is 276 g/mol. The third kappa shape index (κ3) is 2.50. The van der Waals surface area contributed by atoms with Gasteiger partial charge in [-0.05, 0) is 25.3 Å². The molecule has 5 nitrogen and oxygen atoms in total. The number of ether oxygens (including phenoxy) is 1. The fourth-order valence-electron chi connectivity index (χ4n) is 3.41. The van der Waals surface area contributed by atoms with E-state index in [0.29, 0.717) is 12.4 Å². The van der Waals surface area contributed by atoms with Crippen molar-refractivity contribution in [3.63, 3.8) is 0 Å². The van der Waals surface area contributed by atoms with Gasteiger partial charge in [0.25, 0.3) is 0 Å². The number of hydrogen-bond acceptors (Lipinski definition) is 4. The minimum Gasteiger partial charge on any atom is -0.472 e. The molecular formula is C15H20N2O3. The fourth-order valence-corrected chi connectivity index (χ4v) is 3.41. The number of carbonyl (C=O) groups excluding carboxylic acids is 1. The number of pyridine rings is 1. The minimum absolute atomic E-state index is 0.0828. The molecule has 1 saturated heterocycles. The lowest BCUT2D eigenvalue weighted by molar-refractivity contribution is -0.143. The number of aliphatic hydroxyl groups excluding tert-OH is 1. The molecule has 2 fully saturated rings. The summed E-state index contributed by atoms with van der Waals surface area (Å²) in [5.41, 5.74) is 0. The summed E-state index contributed by atoms with van der Waals surface area (Å²) in [4.78, 5) is 17.8. The van der Waals surface area contributed by atoms with E-state index in [9.17, 15) is 9.90 Å². The number of likely N-dealkylation sites (tertiary alicyclic amines) is 1. The summed E-state index contributed by atoms with van der Waals surface area (Å²) in [6.45, 7) is 2.14. The van der Waals surface area contributed by atoms with Gasteiger partial charge in [-0.15, -0.1) is 0 Å². The minimum atomic E-state index is -0.339. The van der Waals surface area contributed by atoms with E-state index in [0.717, 1.165) is 19.3 Å². The Balaban J connectivity index is 1.79. The average Bonchev–Trinajstić information content (AvgIpc) is 2.45. The third-order valence-corrected chi connectivity index (χ3v) is 4.44. The maximum absolute atomic E-state index is 11.8. The zero-order valence-electron chi connectivity index (χ0n) is 11.6. The van der Waals surface area contributed by atoms with E-state index in [-0.39, 0.29) is 30.1 Å². The van der Waals surface area contributed by atoms with E-state index in [1.165, 1.54) is 0 Å². The Labute approximate surface area is 118 Å². The molecule has 1 saturated carbocycles. The Bertz CT molecular complexity index is 479. The summed E-state index contributed by atoms with van der Waals surface area (Å²) >= 11 is 0. The summed E-state index contributed by atoms with van der Waals surface area (Å²) < 4.78 is 5.93. The summed E-state index contributed by atoms with van der Waals surface area (Å²) in [5.74, 6) is 0.725. The zero-order chi connectivity index (χ0) is 14.1. The van der Waals surface area contributed by atoms with Crippen LogP contribution in [-0.2, 0) is 4.79 Å². The van der Waals surface area contributed by atoms with E-state index >= 15 is 0 Å². The lowest BCUT2D eigenvalue weighted by atomic mass is 9.76. The lowest BCUT2D eigenvalue weighted by Crippen LogP contribution is -2.58. The van der Waals surface area contributed by atoms with Gasteiger partial charge < -0.3 is 14.7 Å². The molecule has 0 spiro atoms. The number of fused-ring (bicyclic) bond motifs is 2. The van der Waals surface area contributed by atoms with Crippen molar-refractivity contribution in [2.24, 2.45) is 5.92 Å². The van der Waals surface area contributed by atoms with Gasteiger partial charge >= 0.3 is 0 Å². The van der Waals surface area contributed by atoms with Crippen molar-refractivity contribution >= 4 is 5.91 Å². The molecule has 1 aliphatic carbocycles. The van der Waals surface area contributed by atoms with Crippen LogP contribution in [0.1, 0.15) is 26.2 Å². The van der Waals surface area contributed by atoms with E-state index in [2.05, 4.69) is 4.98 Å². The SMILES string of the molecule is CC(=O)N1C[C@H](Oc2ccccn2)[C@H]2C[C@@H]1CC[C@H]2O. The van der Waals surface area contributed by atoms with Crippen LogP contribution in [-0.4, -0.2) is 45.7 Å². The predicted molar refractivity (Wildman–Crippen MR) is 73.2 cm³/mol. The number of nitrogens with zero attached hydrogens (tertiary/aromatic N) is 2. The molecule has 1 aliphatic heterocycles. The molecule has 5 heteroatoms. The highest BCUT2D eigenvalue weighted by Crippen LogP contribution is 2.36. The molecule has 0 unspecified atom stereocenters. The molecule has 2 aliphatic rings. The van der Waals surface area contributed by atoms with Gasteiger partial charge in [0.2, 0.25) is 11.8 Å². The molecule has 1 amide bonds. The van der Waals surface area contributed by atoms with Gasteiger partial charge in [0.1, 0.15) is 6.10 Å². The normalized spacial score (nSPS) is 32.8. The van der Waals surface area contributed by atoms with Crippen LogP contribution < -0.4 is 4.74 Å². The van der Waals surface area contributed by atoms with Gasteiger partial charge in [0.05, 0.1) is 12.6 Å². The van der Waals surface area contributed by atoms with Gasteiger partial charge in [0, 0.05) is 31.1 Å². The van der Waals surface area contributed by atoms with Crippen LogP contribution in [0, 0.1) is 5.92 Å². The van der Waals surface area contributed by atoms with Crippen molar-refractivity contribution in [1.82, 2.24) is 9.88 Å². The summed E-state index contributed by atoms with van der Waals surface area (Å²) in [5, 5.41) is 10.2. The number of piperidine rings is 1. The molecule has 1 aromatic rings. The largest absolute Gasteiger partial charge is 0.472 e. The van der Waals surface area contributed by atoms with E-state index in [4.69, 9.17) is 4.74 Å². The third-order valence-electron chi connectivity index (χ3n) is 4.44. The van der Waals surface area contributed by atoms with Gasteiger partial charge in [-0.3, -0.25) is 4.79 Å². The molecule has 0 aromatic carbocycles. The van der Waals surface area contributed by atoms with Crippen LogP contribution in [0.15, 0.2) is 24.4 Å². The van der Waals surface area contributed by atoms with Crippen LogP contribution in [0.25, 0.3) is 0 Å². The van der Waals surface area contributed by atoms with Crippen molar-refractivity contribution in [2.45, 2.75) is 44.4 Å². The first-order chi connectivity index (χ1) is 9.65. The van der Waals surface area contributed by atoms with Crippen molar-refractivity contribution in [3.8, 4) is 5.88 Å². The second kappa shape index (κ2) is 5.40. The van der Waals surface area contributed by atoms with Gasteiger partial charge in [-0.25, -0.2) is 4.98 Å². The Kier molecular flexibility index (Phi) is 3.61. The van der Waals surface area contributed by atoms with Crippen LogP contribution in [0.5, 0.6) is 5.88 Å². The van der Waals surface area contributed by atoms with Gasteiger partial charge in [-0.1, -0.05) is 6.07 Å². The standard InChI is InChI=1S/C15H20N2O3/c1-10(18)17-9-14(20-15-4-2-3-7-16-15)12-8-11(17)5-6-13(12)19/h2-4,7,11-14,19H,5-6,8-9H2,1H3/t11-,12-,13+,14-/m0/s1. The highest BCUT2D eigenvalue weighted by molar-refractivity contribution is 5.73. The zero-order valence-corrected chi connectivity index (χ0v) is 11.6. The second-order valence-corrected chi connectivity index (χ2v) is 5.69. The first-order valence-corrected chi connectivity index (χ1v) is 7.18. The first kappa shape index (κ1) is 13.4. The molecule has 0 radical (unpaired) electrons. The summed E-state index contributed by atoms with van der Waals surface area (Å²) in [6.07, 6.45) is 3.60. The number of hydrogen-bond donors (Lipinski definition) is 1. The smallest absolute Gasteiger partial charge is 0.219 e. The molecule has 1 aromatic heterocycles. The number of aromatic nitrogens is 1. The quantitative estimate of drug-likeness (QED) is 0.882. The molecule has 20 heavy (non-hydrogen) atoms. The fraction of sp³-hybridized carbons (Fsp3) is 0.600. The van der Waals surface area contributed by atoms with Gasteiger partial charge in [-0.2, -0.15) is 0 Å². The molecule has 1 N–H and O–H groups in total. The van der Waals surface area contributed by atoms with E-state index < -0.39 is 0 Å². The molecule has 2 bridgehead atoms. The molecule has 2 heterocycles. The summed E-state index contributed by atoms with van der Waals surface area (Å²) in [6, 6.07) is 5.76. The number of aliphatic hydroxyl groups is 1. The van der Waals surface area contributed by atoms with Crippen molar-refractivity contribution in [1.29, 1.82) is 0 Å². The Hall–Kier alpha value is -1.62. The highest BCUT2D eigenvalue weighted by Gasteiger charge is 2.44. The molecule has 3 rings (SSSR count). The molecular weight excluding hydrogens is 256 g/mol. The number of amides is 1. The molecule has 4 atom stereocenters.